The summed E-state index contributed by atoms with van der Waals surface area (Å²) < 4.78 is 7.46. The van der Waals surface area contributed by atoms with Crippen molar-refractivity contribution in [3.05, 3.63) is 36.0 Å². The number of unbranched alkanes of at least 4 members (excludes halogenated alkanes) is 1. The molecule has 0 spiro atoms. The molecule has 0 aliphatic heterocycles. The standard InChI is InChI=1S/C17H26N2O/c1-3-9-18-14-15-6-7-16-8-11-19(17(16)13-15)10-4-5-12-20-2/h6-8,11,13,18H,3-5,9-10,12,14H2,1-2H3. The Morgan fingerprint density at radius 3 is 2.90 bits per heavy atom. The highest BCUT2D eigenvalue weighted by Crippen LogP contribution is 2.18. The second-order valence-corrected chi connectivity index (χ2v) is 5.28. The van der Waals surface area contributed by atoms with Gasteiger partial charge in [-0.25, -0.2) is 0 Å². The molecule has 2 rings (SSSR count). The van der Waals surface area contributed by atoms with Crippen LogP contribution >= 0.6 is 0 Å². The van der Waals surface area contributed by atoms with Gasteiger partial charge in [0.05, 0.1) is 0 Å². The van der Waals surface area contributed by atoms with Crippen LogP contribution in [0.1, 0.15) is 31.7 Å². The zero-order valence-electron chi connectivity index (χ0n) is 12.7. The quantitative estimate of drug-likeness (QED) is 0.708. The van der Waals surface area contributed by atoms with Gasteiger partial charge in [-0.05, 0) is 48.9 Å². The molecule has 0 bridgehead atoms. The maximum Gasteiger partial charge on any atom is 0.0483 e. The Balaban J connectivity index is 2.01. The van der Waals surface area contributed by atoms with Crippen molar-refractivity contribution in [2.75, 3.05) is 20.3 Å². The van der Waals surface area contributed by atoms with E-state index in [9.17, 15) is 0 Å². The van der Waals surface area contributed by atoms with E-state index >= 15 is 0 Å². The van der Waals surface area contributed by atoms with Crippen LogP contribution in [0.25, 0.3) is 10.9 Å². The van der Waals surface area contributed by atoms with Gasteiger partial charge < -0.3 is 14.6 Å². The van der Waals surface area contributed by atoms with E-state index in [4.69, 9.17) is 4.74 Å². The fourth-order valence-electron chi connectivity index (χ4n) is 2.47. The van der Waals surface area contributed by atoms with E-state index in [0.717, 1.165) is 39.1 Å². The number of fused-ring (bicyclic) bond motifs is 1. The molecule has 20 heavy (non-hydrogen) atoms. The highest BCUT2D eigenvalue weighted by atomic mass is 16.5. The molecule has 0 aliphatic carbocycles. The van der Waals surface area contributed by atoms with Crippen LogP contribution in [0.2, 0.25) is 0 Å². The van der Waals surface area contributed by atoms with E-state index in [2.05, 4.69) is 47.3 Å². The number of aryl methyl sites for hydroxylation is 1. The van der Waals surface area contributed by atoms with Crippen molar-refractivity contribution in [2.45, 2.75) is 39.3 Å². The second kappa shape index (κ2) is 8.08. The van der Waals surface area contributed by atoms with Gasteiger partial charge in [-0.3, -0.25) is 0 Å². The molecule has 1 heterocycles. The first kappa shape index (κ1) is 15.1. The number of nitrogens with one attached hydrogen (secondary N) is 1. The number of methoxy groups -OCH3 is 1. The smallest absolute Gasteiger partial charge is 0.0483 e. The Hall–Kier alpha value is -1.32. The molecule has 1 aromatic heterocycles. The Morgan fingerprint density at radius 1 is 1.20 bits per heavy atom. The van der Waals surface area contributed by atoms with Crippen molar-refractivity contribution >= 4 is 10.9 Å². The third kappa shape index (κ3) is 4.09. The Kier molecular flexibility index (Phi) is 6.09. The maximum atomic E-state index is 5.11. The summed E-state index contributed by atoms with van der Waals surface area (Å²) in [5.41, 5.74) is 2.71. The van der Waals surface area contributed by atoms with Crippen LogP contribution in [0.15, 0.2) is 30.5 Å². The van der Waals surface area contributed by atoms with Crippen molar-refractivity contribution in [1.29, 1.82) is 0 Å². The molecule has 0 amide bonds. The first-order chi connectivity index (χ1) is 9.85. The van der Waals surface area contributed by atoms with Crippen LogP contribution in [0, 0.1) is 0 Å². The van der Waals surface area contributed by atoms with E-state index < -0.39 is 0 Å². The molecule has 0 saturated heterocycles. The Bertz CT molecular complexity index is 519. The van der Waals surface area contributed by atoms with Crippen molar-refractivity contribution in [1.82, 2.24) is 9.88 Å². The van der Waals surface area contributed by atoms with Gasteiger partial charge in [0.2, 0.25) is 0 Å². The summed E-state index contributed by atoms with van der Waals surface area (Å²) in [6, 6.07) is 8.97. The predicted octanol–water partition coefficient (Wildman–Crippen LogP) is 3.57. The molecular weight excluding hydrogens is 248 g/mol. The minimum Gasteiger partial charge on any atom is -0.385 e. The molecule has 3 heteroatoms. The summed E-state index contributed by atoms with van der Waals surface area (Å²) in [4.78, 5) is 0. The lowest BCUT2D eigenvalue weighted by Gasteiger charge is -2.08. The first-order valence-electron chi connectivity index (χ1n) is 7.62. The Morgan fingerprint density at radius 2 is 2.10 bits per heavy atom. The third-order valence-electron chi connectivity index (χ3n) is 3.59. The summed E-state index contributed by atoms with van der Waals surface area (Å²) in [7, 11) is 1.76. The van der Waals surface area contributed by atoms with E-state index in [-0.39, 0.29) is 0 Å². The van der Waals surface area contributed by atoms with Gasteiger partial charge in [0.15, 0.2) is 0 Å². The minimum atomic E-state index is 0.853. The second-order valence-electron chi connectivity index (χ2n) is 5.28. The lowest BCUT2D eigenvalue weighted by atomic mass is 10.1. The van der Waals surface area contributed by atoms with Gasteiger partial charge >= 0.3 is 0 Å². The van der Waals surface area contributed by atoms with Crippen molar-refractivity contribution in [2.24, 2.45) is 0 Å². The largest absolute Gasteiger partial charge is 0.385 e. The zero-order chi connectivity index (χ0) is 14.2. The highest BCUT2D eigenvalue weighted by Gasteiger charge is 2.02. The molecule has 0 atom stereocenters. The summed E-state index contributed by atoms with van der Waals surface area (Å²) in [6.07, 6.45) is 5.66. The number of aromatic nitrogens is 1. The highest BCUT2D eigenvalue weighted by molar-refractivity contribution is 5.80. The summed E-state index contributed by atoms with van der Waals surface area (Å²) >= 11 is 0. The van der Waals surface area contributed by atoms with Crippen molar-refractivity contribution in [3.8, 4) is 0 Å². The SMILES string of the molecule is CCCNCc1ccc2ccn(CCCCOC)c2c1. The van der Waals surface area contributed by atoms with Crippen LogP contribution in [0.5, 0.6) is 0 Å². The average molecular weight is 274 g/mol. The third-order valence-corrected chi connectivity index (χ3v) is 3.59. The maximum absolute atomic E-state index is 5.11. The fraction of sp³-hybridized carbons (Fsp3) is 0.529. The number of benzene rings is 1. The lowest BCUT2D eigenvalue weighted by molar-refractivity contribution is 0.191. The van der Waals surface area contributed by atoms with Crippen LogP contribution in [0.4, 0.5) is 0 Å². The molecule has 1 N–H and O–H groups in total. The van der Waals surface area contributed by atoms with Crippen molar-refractivity contribution < 1.29 is 4.74 Å². The number of rotatable bonds is 9. The number of hydrogen-bond donors (Lipinski definition) is 1. The van der Waals surface area contributed by atoms with E-state index in [1.165, 1.54) is 22.9 Å². The van der Waals surface area contributed by atoms with E-state index in [0.29, 0.717) is 0 Å². The normalized spacial score (nSPS) is 11.3. The van der Waals surface area contributed by atoms with E-state index in [1.807, 2.05) is 0 Å². The molecule has 0 unspecified atom stereocenters. The molecule has 0 saturated carbocycles. The molecule has 2 aromatic rings. The first-order valence-corrected chi connectivity index (χ1v) is 7.62. The van der Waals surface area contributed by atoms with Crippen LogP contribution in [-0.2, 0) is 17.8 Å². The van der Waals surface area contributed by atoms with Crippen LogP contribution in [-0.4, -0.2) is 24.8 Å². The summed E-state index contributed by atoms with van der Waals surface area (Å²) in [6.45, 7) is 6.15. The number of ether oxygens (including phenoxy) is 1. The Labute approximate surface area is 121 Å². The molecular formula is C17H26N2O. The lowest BCUT2D eigenvalue weighted by Crippen LogP contribution is -2.13. The van der Waals surface area contributed by atoms with Gasteiger partial charge in [0.1, 0.15) is 0 Å². The molecule has 0 fully saturated rings. The molecule has 3 nitrogen and oxygen atoms in total. The van der Waals surface area contributed by atoms with Gasteiger partial charge in [-0.1, -0.05) is 19.1 Å². The molecule has 0 aliphatic rings. The van der Waals surface area contributed by atoms with Crippen LogP contribution in [0.3, 0.4) is 0 Å². The summed E-state index contributed by atoms with van der Waals surface area (Å²) in [5, 5.41) is 4.79. The van der Waals surface area contributed by atoms with E-state index in [1.54, 1.807) is 7.11 Å². The number of nitrogens with zero attached hydrogens (tertiary/aromatic N) is 1. The van der Waals surface area contributed by atoms with Crippen molar-refractivity contribution in [3.63, 3.8) is 0 Å². The van der Waals surface area contributed by atoms with Gasteiger partial charge in [-0.2, -0.15) is 0 Å². The van der Waals surface area contributed by atoms with Gasteiger partial charge in [0.25, 0.3) is 0 Å². The topological polar surface area (TPSA) is 26.2 Å². The predicted molar refractivity (Wildman–Crippen MR) is 85.0 cm³/mol. The number of hydrogen-bond acceptors (Lipinski definition) is 2. The van der Waals surface area contributed by atoms with Gasteiger partial charge in [0, 0.05) is 38.5 Å². The summed E-state index contributed by atoms with van der Waals surface area (Å²) in [5.74, 6) is 0. The molecule has 1 aromatic carbocycles. The van der Waals surface area contributed by atoms with Gasteiger partial charge in [-0.15, -0.1) is 0 Å². The minimum absolute atomic E-state index is 0.853. The van der Waals surface area contributed by atoms with Crippen LogP contribution < -0.4 is 5.32 Å². The molecule has 0 radical (unpaired) electrons. The monoisotopic (exact) mass is 274 g/mol. The average Bonchev–Trinajstić information content (AvgIpc) is 2.87. The zero-order valence-corrected chi connectivity index (χ0v) is 12.7. The molecule has 110 valence electrons. The fourth-order valence-corrected chi connectivity index (χ4v) is 2.47.